The fraction of sp³-hybridized carbons (Fsp3) is 0.533. The van der Waals surface area contributed by atoms with E-state index >= 15 is 0 Å². The van der Waals surface area contributed by atoms with Crippen molar-refractivity contribution >= 4 is 17.3 Å². The Morgan fingerprint density at radius 1 is 1.40 bits per heavy atom. The predicted molar refractivity (Wildman–Crippen MR) is 81.0 cm³/mol. The summed E-state index contributed by atoms with van der Waals surface area (Å²) in [7, 11) is 1.92. The summed E-state index contributed by atoms with van der Waals surface area (Å²) in [6.07, 6.45) is 1.03. The largest absolute Gasteiger partial charge is 0.397 e. The van der Waals surface area contributed by atoms with Crippen molar-refractivity contribution in [3.63, 3.8) is 0 Å². The van der Waals surface area contributed by atoms with E-state index in [1.54, 1.807) is 0 Å². The summed E-state index contributed by atoms with van der Waals surface area (Å²) in [6.45, 7) is 6.69. The van der Waals surface area contributed by atoms with Crippen LogP contribution in [-0.2, 0) is 4.79 Å². The number of carbonyl (C=O) groups excluding carboxylic acids is 1. The number of halogens is 1. The molecule has 112 valence electrons. The van der Waals surface area contributed by atoms with Gasteiger partial charge in [0.25, 0.3) is 0 Å². The summed E-state index contributed by atoms with van der Waals surface area (Å²) in [6, 6.07) is 4.27. The van der Waals surface area contributed by atoms with Crippen molar-refractivity contribution in [3.8, 4) is 0 Å². The number of nitrogens with zero attached hydrogens (tertiary/aromatic N) is 1. The number of hydrogen-bond acceptors (Lipinski definition) is 3. The van der Waals surface area contributed by atoms with Gasteiger partial charge in [0.05, 0.1) is 17.9 Å². The minimum Gasteiger partial charge on any atom is -0.397 e. The van der Waals surface area contributed by atoms with Crippen LogP contribution in [0.4, 0.5) is 15.8 Å². The number of anilines is 2. The average Bonchev–Trinajstić information content (AvgIpc) is 2.31. The maximum Gasteiger partial charge on any atom is 0.238 e. The lowest BCUT2D eigenvalue weighted by Crippen LogP contribution is -2.37. The second-order valence-corrected chi connectivity index (χ2v) is 5.67. The zero-order valence-corrected chi connectivity index (χ0v) is 12.6. The second kappa shape index (κ2) is 7.24. The van der Waals surface area contributed by atoms with Gasteiger partial charge < -0.3 is 11.1 Å². The van der Waals surface area contributed by atoms with E-state index in [-0.39, 0.29) is 18.1 Å². The van der Waals surface area contributed by atoms with Crippen LogP contribution in [0.5, 0.6) is 0 Å². The van der Waals surface area contributed by atoms with E-state index in [9.17, 15) is 9.18 Å². The molecule has 0 fully saturated rings. The third kappa shape index (κ3) is 5.17. The van der Waals surface area contributed by atoms with Crippen molar-refractivity contribution in [2.45, 2.75) is 33.2 Å². The maximum absolute atomic E-state index is 12.9. The Labute approximate surface area is 120 Å². The molecule has 1 unspecified atom stereocenters. The number of carbonyl (C=O) groups is 1. The van der Waals surface area contributed by atoms with Crippen molar-refractivity contribution in [1.82, 2.24) is 4.90 Å². The number of hydrogen-bond donors (Lipinski definition) is 2. The van der Waals surface area contributed by atoms with Crippen molar-refractivity contribution < 1.29 is 9.18 Å². The first-order valence-corrected chi connectivity index (χ1v) is 6.84. The number of rotatable bonds is 6. The first-order valence-electron chi connectivity index (χ1n) is 6.84. The molecule has 1 rings (SSSR count). The van der Waals surface area contributed by atoms with Crippen LogP contribution in [0.2, 0.25) is 0 Å². The molecule has 0 spiro atoms. The SMILES string of the molecule is CC(C)CC(C)N(C)CC(=O)Nc1ccc(F)cc1N. The van der Waals surface area contributed by atoms with Gasteiger partial charge in [0.2, 0.25) is 5.91 Å². The van der Waals surface area contributed by atoms with Crippen LogP contribution in [0.25, 0.3) is 0 Å². The van der Waals surface area contributed by atoms with Crippen molar-refractivity contribution in [2.75, 3.05) is 24.6 Å². The van der Waals surface area contributed by atoms with E-state index in [0.717, 1.165) is 6.42 Å². The molecule has 5 heteroatoms. The Balaban J connectivity index is 2.55. The van der Waals surface area contributed by atoms with Gasteiger partial charge in [-0.05, 0) is 44.5 Å². The summed E-state index contributed by atoms with van der Waals surface area (Å²) >= 11 is 0. The Morgan fingerprint density at radius 3 is 2.60 bits per heavy atom. The van der Waals surface area contributed by atoms with Gasteiger partial charge >= 0.3 is 0 Å². The van der Waals surface area contributed by atoms with E-state index in [1.807, 2.05) is 11.9 Å². The van der Waals surface area contributed by atoms with Gasteiger partial charge in [-0.2, -0.15) is 0 Å². The Kier molecular flexibility index (Phi) is 5.95. The number of benzene rings is 1. The smallest absolute Gasteiger partial charge is 0.238 e. The van der Waals surface area contributed by atoms with E-state index in [4.69, 9.17) is 5.73 Å². The van der Waals surface area contributed by atoms with Crippen molar-refractivity contribution in [3.05, 3.63) is 24.0 Å². The Morgan fingerprint density at radius 2 is 2.05 bits per heavy atom. The molecular weight excluding hydrogens is 257 g/mol. The van der Waals surface area contributed by atoms with E-state index in [0.29, 0.717) is 17.6 Å². The number of likely N-dealkylation sites (N-methyl/N-ethyl adjacent to an activating group) is 1. The number of nitrogens with one attached hydrogen (secondary N) is 1. The first kappa shape index (κ1) is 16.4. The van der Waals surface area contributed by atoms with Crippen LogP contribution >= 0.6 is 0 Å². The molecule has 1 atom stereocenters. The van der Waals surface area contributed by atoms with Gasteiger partial charge in [-0.1, -0.05) is 13.8 Å². The molecule has 4 nitrogen and oxygen atoms in total. The zero-order valence-electron chi connectivity index (χ0n) is 12.6. The molecule has 0 heterocycles. The number of nitrogens with two attached hydrogens (primary N) is 1. The minimum atomic E-state index is -0.414. The molecule has 0 bridgehead atoms. The standard InChI is InChI=1S/C15H24FN3O/c1-10(2)7-11(3)19(4)9-15(20)18-14-6-5-12(16)8-13(14)17/h5-6,8,10-11H,7,9,17H2,1-4H3,(H,18,20). The molecule has 0 saturated carbocycles. The highest BCUT2D eigenvalue weighted by Crippen LogP contribution is 2.19. The van der Waals surface area contributed by atoms with Crippen LogP contribution < -0.4 is 11.1 Å². The van der Waals surface area contributed by atoms with E-state index in [1.165, 1.54) is 18.2 Å². The Bertz CT molecular complexity index is 462. The molecule has 1 amide bonds. The first-order chi connectivity index (χ1) is 9.29. The van der Waals surface area contributed by atoms with Crippen LogP contribution in [0.15, 0.2) is 18.2 Å². The van der Waals surface area contributed by atoms with Crippen molar-refractivity contribution in [2.24, 2.45) is 5.92 Å². The molecule has 0 radical (unpaired) electrons. The van der Waals surface area contributed by atoms with Crippen LogP contribution in [0.1, 0.15) is 27.2 Å². The molecule has 1 aromatic carbocycles. The third-order valence-corrected chi connectivity index (χ3v) is 3.25. The summed E-state index contributed by atoms with van der Waals surface area (Å²) < 4.78 is 12.9. The molecule has 0 aliphatic rings. The molecule has 1 aromatic rings. The average molecular weight is 281 g/mol. The summed E-state index contributed by atoms with van der Waals surface area (Å²) in [5, 5.41) is 2.70. The Hall–Kier alpha value is -1.62. The monoisotopic (exact) mass is 281 g/mol. The number of nitrogen functional groups attached to an aromatic ring is 1. The quantitative estimate of drug-likeness (QED) is 0.788. The molecule has 0 aliphatic heterocycles. The molecule has 20 heavy (non-hydrogen) atoms. The summed E-state index contributed by atoms with van der Waals surface area (Å²) in [5.41, 5.74) is 6.34. The fourth-order valence-electron chi connectivity index (χ4n) is 2.08. The normalized spacial score (nSPS) is 12.8. The lowest BCUT2D eigenvalue weighted by Gasteiger charge is -2.25. The highest BCUT2D eigenvalue weighted by Gasteiger charge is 2.15. The predicted octanol–water partition coefficient (Wildman–Crippen LogP) is 2.71. The van der Waals surface area contributed by atoms with Gasteiger partial charge in [0.1, 0.15) is 5.82 Å². The topological polar surface area (TPSA) is 58.4 Å². The van der Waals surface area contributed by atoms with E-state index in [2.05, 4.69) is 26.1 Å². The zero-order chi connectivity index (χ0) is 15.3. The summed E-state index contributed by atoms with van der Waals surface area (Å²) in [5.74, 6) is 0.0211. The summed E-state index contributed by atoms with van der Waals surface area (Å²) in [4.78, 5) is 13.9. The molecule has 0 saturated heterocycles. The van der Waals surface area contributed by atoms with Crippen LogP contribution in [0.3, 0.4) is 0 Å². The van der Waals surface area contributed by atoms with Crippen LogP contribution in [0, 0.1) is 11.7 Å². The molecule has 3 N–H and O–H groups in total. The number of amides is 1. The van der Waals surface area contributed by atoms with Gasteiger partial charge in [0, 0.05) is 6.04 Å². The fourth-order valence-corrected chi connectivity index (χ4v) is 2.08. The maximum atomic E-state index is 12.9. The van der Waals surface area contributed by atoms with Gasteiger partial charge in [0.15, 0.2) is 0 Å². The van der Waals surface area contributed by atoms with Gasteiger partial charge in [-0.25, -0.2) is 4.39 Å². The van der Waals surface area contributed by atoms with E-state index < -0.39 is 5.82 Å². The highest BCUT2D eigenvalue weighted by atomic mass is 19.1. The van der Waals surface area contributed by atoms with Crippen molar-refractivity contribution in [1.29, 1.82) is 0 Å². The lowest BCUT2D eigenvalue weighted by molar-refractivity contribution is -0.117. The molecular formula is C15H24FN3O. The lowest BCUT2D eigenvalue weighted by atomic mass is 10.0. The molecule has 0 aromatic heterocycles. The minimum absolute atomic E-state index is 0.151. The highest BCUT2D eigenvalue weighted by molar-refractivity contribution is 5.95. The van der Waals surface area contributed by atoms with Gasteiger partial charge in [-0.3, -0.25) is 9.69 Å². The molecule has 0 aliphatic carbocycles. The second-order valence-electron chi connectivity index (χ2n) is 5.67. The third-order valence-electron chi connectivity index (χ3n) is 3.25. The van der Waals surface area contributed by atoms with Gasteiger partial charge in [-0.15, -0.1) is 0 Å². The van der Waals surface area contributed by atoms with Crippen LogP contribution in [-0.4, -0.2) is 30.4 Å².